The predicted molar refractivity (Wildman–Crippen MR) is 83.4 cm³/mol. The van der Waals surface area contributed by atoms with Crippen LogP contribution in [0.4, 0.5) is 0 Å². The maximum Gasteiger partial charge on any atom is 0.253 e. The molecule has 0 unspecified atom stereocenters. The van der Waals surface area contributed by atoms with Crippen molar-refractivity contribution in [3.05, 3.63) is 35.4 Å². The molecule has 2 fully saturated rings. The summed E-state index contributed by atoms with van der Waals surface area (Å²) in [7, 11) is 0. The van der Waals surface area contributed by atoms with Crippen molar-refractivity contribution in [1.82, 2.24) is 10.2 Å². The Morgan fingerprint density at radius 1 is 1.14 bits per heavy atom. The molecule has 3 rings (SSSR count). The van der Waals surface area contributed by atoms with Crippen molar-refractivity contribution in [3.8, 4) is 6.07 Å². The third-order valence-corrected chi connectivity index (χ3v) is 4.57. The quantitative estimate of drug-likeness (QED) is 0.864. The van der Waals surface area contributed by atoms with Gasteiger partial charge in [0.25, 0.3) is 5.91 Å². The van der Waals surface area contributed by atoms with E-state index >= 15 is 0 Å². The van der Waals surface area contributed by atoms with Gasteiger partial charge in [-0.2, -0.15) is 5.26 Å². The minimum atomic E-state index is 0. The van der Waals surface area contributed by atoms with E-state index < -0.39 is 0 Å². The molecular formula is C16H20ClN3O. The number of nitrogens with one attached hydrogen (secondary N) is 1. The molecule has 0 aliphatic carbocycles. The minimum Gasteiger partial charge on any atom is -0.339 e. The molecule has 1 N–H and O–H groups in total. The van der Waals surface area contributed by atoms with Crippen molar-refractivity contribution in [3.63, 3.8) is 0 Å². The first-order valence-electron chi connectivity index (χ1n) is 7.28. The van der Waals surface area contributed by atoms with Gasteiger partial charge in [0.15, 0.2) is 0 Å². The number of rotatable bonds is 1. The Kier molecular flexibility index (Phi) is 5.22. The fourth-order valence-electron chi connectivity index (χ4n) is 3.29. The van der Waals surface area contributed by atoms with Gasteiger partial charge >= 0.3 is 0 Å². The van der Waals surface area contributed by atoms with Crippen LogP contribution in [0.25, 0.3) is 0 Å². The lowest BCUT2D eigenvalue weighted by atomic mass is 9.92. The zero-order valence-electron chi connectivity index (χ0n) is 11.9. The van der Waals surface area contributed by atoms with Crippen molar-refractivity contribution < 1.29 is 4.79 Å². The van der Waals surface area contributed by atoms with Gasteiger partial charge in [0.05, 0.1) is 11.6 Å². The summed E-state index contributed by atoms with van der Waals surface area (Å²) in [4.78, 5) is 14.5. The first-order chi connectivity index (χ1) is 9.78. The number of nitrogens with zero attached hydrogens (tertiary/aromatic N) is 2. The molecule has 2 aliphatic heterocycles. The number of hydrogen-bond acceptors (Lipinski definition) is 3. The van der Waals surface area contributed by atoms with E-state index in [2.05, 4.69) is 11.4 Å². The Balaban J connectivity index is 0.00000161. The Hall–Kier alpha value is -1.57. The molecule has 2 heterocycles. The van der Waals surface area contributed by atoms with Gasteiger partial charge in [0, 0.05) is 18.7 Å². The van der Waals surface area contributed by atoms with Crippen LogP contribution in [0.3, 0.4) is 0 Å². The average Bonchev–Trinajstić information content (AvgIpc) is 2.85. The summed E-state index contributed by atoms with van der Waals surface area (Å²) in [6, 6.07) is 9.02. The second-order valence-electron chi connectivity index (χ2n) is 5.74. The molecule has 0 spiro atoms. The largest absolute Gasteiger partial charge is 0.339 e. The highest BCUT2D eigenvalue weighted by molar-refractivity contribution is 5.94. The lowest BCUT2D eigenvalue weighted by Gasteiger charge is -2.21. The molecule has 0 aromatic heterocycles. The molecular weight excluding hydrogens is 286 g/mol. The highest BCUT2D eigenvalue weighted by atomic mass is 35.5. The van der Waals surface area contributed by atoms with Gasteiger partial charge in [-0.05, 0) is 62.0 Å². The number of likely N-dealkylation sites (tertiary alicyclic amines) is 1. The lowest BCUT2D eigenvalue weighted by molar-refractivity contribution is 0.0758. The Morgan fingerprint density at radius 3 is 2.24 bits per heavy atom. The number of benzene rings is 1. The monoisotopic (exact) mass is 305 g/mol. The summed E-state index contributed by atoms with van der Waals surface area (Å²) in [6.45, 7) is 3.90. The maximum atomic E-state index is 12.5. The zero-order chi connectivity index (χ0) is 13.9. The van der Waals surface area contributed by atoms with Crippen LogP contribution in [-0.4, -0.2) is 37.0 Å². The van der Waals surface area contributed by atoms with E-state index in [1.165, 1.54) is 0 Å². The summed E-state index contributed by atoms with van der Waals surface area (Å²) >= 11 is 0. The van der Waals surface area contributed by atoms with Crippen LogP contribution in [0, 0.1) is 23.2 Å². The van der Waals surface area contributed by atoms with Gasteiger partial charge in [-0.3, -0.25) is 4.79 Å². The third kappa shape index (κ3) is 3.37. The predicted octanol–water partition coefficient (Wildman–Crippen LogP) is 2.05. The number of amides is 1. The van der Waals surface area contributed by atoms with Gasteiger partial charge in [-0.25, -0.2) is 0 Å². The maximum absolute atomic E-state index is 12.5. The van der Waals surface area contributed by atoms with E-state index in [9.17, 15) is 4.79 Å². The van der Waals surface area contributed by atoms with Crippen molar-refractivity contribution in [2.24, 2.45) is 11.8 Å². The van der Waals surface area contributed by atoms with Crippen LogP contribution in [0.15, 0.2) is 24.3 Å². The number of halogens is 1. The van der Waals surface area contributed by atoms with Crippen molar-refractivity contribution in [2.45, 2.75) is 12.8 Å². The number of carbonyl (C=O) groups excluding carboxylic acids is 1. The number of carbonyl (C=O) groups is 1. The summed E-state index contributed by atoms with van der Waals surface area (Å²) in [5, 5.41) is 12.2. The molecule has 1 aromatic carbocycles. The van der Waals surface area contributed by atoms with Gasteiger partial charge in [-0.15, -0.1) is 12.4 Å². The Labute approximate surface area is 131 Å². The number of fused-ring (bicyclic) bond motifs is 1. The highest BCUT2D eigenvalue weighted by Gasteiger charge is 2.31. The fourth-order valence-corrected chi connectivity index (χ4v) is 3.29. The summed E-state index contributed by atoms with van der Waals surface area (Å²) in [5.74, 6) is 1.56. The number of hydrogen-bond donors (Lipinski definition) is 1. The standard InChI is InChI=1S/C16H19N3O.ClH/c17-9-12-1-3-13(4-2-12)16(20)19-7-5-14-10-18-11-15(14)6-8-19;/h1-4,14-15,18H,5-8,10-11H2;1H/t14-,15+;. The molecule has 2 saturated heterocycles. The fraction of sp³-hybridized carbons (Fsp3) is 0.500. The first-order valence-corrected chi connectivity index (χ1v) is 7.28. The van der Waals surface area contributed by atoms with Gasteiger partial charge in [0.1, 0.15) is 0 Å². The molecule has 4 nitrogen and oxygen atoms in total. The molecule has 1 aromatic rings. The summed E-state index contributed by atoms with van der Waals surface area (Å²) in [5.41, 5.74) is 1.28. The molecule has 0 bridgehead atoms. The topological polar surface area (TPSA) is 56.1 Å². The van der Waals surface area contributed by atoms with Crippen LogP contribution in [0.2, 0.25) is 0 Å². The molecule has 112 valence electrons. The molecule has 2 atom stereocenters. The van der Waals surface area contributed by atoms with E-state index in [-0.39, 0.29) is 18.3 Å². The van der Waals surface area contributed by atoms with Gasteiger partial charge in [0.2, 0.25) is 0 Å². The van der Waals surface area contributed by atoms with E-state index in [0.29, 0.717) is 11.1 Å². The van der Waals surface area contributed by atoms with Crippen molar-refractivity contribution in [1.29, 1.82) is 5.26 Å². The molecule has 0 radical (unpaired) electrons. The third-order valence-electron chi connectivity index (χ3n) is 4.57. The van der Waals surface area contributed by atoms with E-state index in [4.69, 9.17) is 5.26 Å². The smallest absolute Gasteiger partial charge is 0.253 e. The second-order valence-corrected chi connectivity index (χ2v) is 5.74. The molecule has 21 heavy (non-hydrogen) atoms. The minimum absolute atomic E-state index is 0. The van der Waals surface area contributed by atoms with Crippen molar-refractivity contribution >= 4 is 18.3 Å². The lowest BCUT2D eigenvalue weighted by Crippen LogP contribution is -2.32. The number of nitriles is 1. The van der Waals surface area contributed by atoms with Crippen LogP contribution >= 0.6 is 12.4 Å². The molecule has 0 saturated carbocycles. The van der Waals surface area contributed by atoms with E-state index in [1.54, 1.807) is 24.3 Å². The van der Waals surface area contributed by atoms with Gasteiger partial charge < -0.3 is 10.2 Å². The van der Waals surface area contributed by atoms with E-state index in [0.717, 1.165) is 50.9 Å². The first kappa shape index (κ1) is 15.8. The van der Waals surface area contributed by atoms with Crippen LogP contribution in [0.5, 0.6) is 0 Å². The van der Waals surface area contributed by atoms with Crippen LogP contribution < -0.4 is 5.32 Å². The molecule has 5 heteroatoms. The summed E-state index contributed by atoms with van der Waals surface area (Å²) < 4.78 is 0. The Morgan fingerprint density at radius 2 is 1.71 bits per heavy atom. The Bertz CT molecular complexity index is 523. The van der Waals surface area contributed by atoms with E-state index in [1.807, 2.05) is 4.90 Å². The van der Waals surface area contributed by atoms with Crippen molar-refractivity contribution in [2.75, 3.05) is 26.2 Å². The zero-order valence-corrected chi connectivity index (χ0v) is 12.7. The van der Waals surface area contributed by atoms with Gasteiger partial charge in [-0.1, -0.05) is 0 Å². The normalized spacial score (nSPS) is 24.4. The van der Waals surface area contributed by atoms with Crippen LogP contribution in [0.1, 0.15) is 28.8 Å². The average molecular weight is 306 g/mol. The second kappa shape index (κ2) is 6.93. The summed E-state index contributed by atoms with van der Waals surface area (Å²) in [6.07, 6.45) is 2.19. The van der Waals surface area contributed by atoms with Crippen LogP contribution in [-0.2, 0) is 0 Å². The SMILES string of the molecule is Cl.N#Cc1ccc(C(=O)N2CC[C@@H]3CNC[C@@H]3CC2)cc1. The molecule has 2 aliphatic rings. The molecule has 1 amide bonds. The highest BCUT2D eigenvalue weighted by Crippen LogP contribution is 2.27.